The van der Waals surface area contributed by atoms with Crippen LogP contribution >= 0.6 is 0 Å². The number of allylic oxidation sites excluding steroid dienone is 1. The zero-order valence-corrected chi connectivity index (χ0v) is 7.49. The number of hydrogen-bond acceptors (Lipinski definition) is 1. The molecule has 1 fully saturated rings. The Morgan fingerprint density at radius 2 is 2.08 bits per heavy atom. The summed E-state index contributed by atoms with van der Waals surface area (Å²) in [4.78, 5) is 10.3. The first-order valence-electron chi connectivity index (χ1n) is 4.61. The van der Waals surface area contributed by atoms with Crippen molar-refractivity contribution >= 4 is 5.97 Å². The largest absolute Gasteiger partial charge is 0.478 e. The summed E-state index contributed by atoms with van der Waals surface area (Å²) in [7, 11) is 0. The van der Waals surface area contributed by atoms with E-state index in [1.54, 1.807) is 0 Å². The zero-order chi connectivity index (χ0) is 8.97. The van der Waals surface area contributed by atoms with E-state index in [1.165, 1.54) is 25.3 Å². The number of hydrogen-bond donors (Lipinski definition) is 1. The normalized spacial score (nSPS) is 30.8. The lowest BCUT2D eigenvalue weighted by Crippen LogP contribution is -2.14. The predicted molar refractivity (Wildman–Crippen MR) is 47.9 cm³/mol. The Hall–Kier alpha value is -0.790. The topological polar surface area (TPSA) is 37.3 Å². The van der Waals surface area contributed by atoms with Crippen LogP contribution in [0.15, 0.2) is 12.2 Å². The first kappa shape index (κ1) is 9.30. The second-order valence-electron chi connectivity index (χ2n) is 3.62. The zero-order valence-electron chi connectivity index (χ0n) is 7.49. The van der Waals surface area contributed by atoms with Gasteiger partial charge in [0.2, 0.25) is 0 Å². The molecule has 1 aliphatic rings. The lowest BCUT2D eigenvalue weighted by molar-refractivity contribution is -0.131. The summed E-state index contributed by atoms with van der Waals surface area (Å²) < 4.78 is 0. The standard InChI is InChI=1S/C10H16O2/c1-8-4-2-3-5-9(8)6-7-10(11)12/h6-9H,2-5H2,1H3,(H,11,12). The minimum Gasteiger partial charge on any atom is -0.478 e. The van der Waals surface area contributed by atoms with E-state index in [0.717, 1.165) is 6.42 Å². The molecule has 0 aromatic carbocycles. The molecule has 2 unspecified atom stereocenters. The number of carboxylic acid groups (broad SMARTS) is 1. The molecule has 0 aliphatic heterocycles. The van der Waals surface area contributed by atoms with Crippen molar-refractivity contribution in [3.63, 3.8) is 0 Å². The van der Waals surface area contributed by atoms with Crippen molar-refractivity contribution in [2.24, 2.45) is 11.8 Å². The molecule has 2 nitrogen and oxygen atoms in total. The van der Waals surface area contributed by atoms with Crippen molar-refractivity contribution in [3.05, 3.63) is 12.2 Å². The van der Waals surface area contributed by atoms with Gasteiger partial charge in [0, 0.05) is 6.08 Å². The van der Waals surface area contributed by atoms with E-state index in [9.17, 15) is 4.79 Å². The summed E-state index contributed by atoms with van der Waals surface area (Å²) in [5.41, 5.74) is 0. The average molecular weight is 168 g/mol. The second kappa shape index (κ2) is 4.29. The molecular weight excluding hydrogens is 152 g/mol. The summed E-state index contributed by atoms with van der Waals surface area (Å²) in [6, 6.07) is 0. The van der Waals surface area contributed by atoms with Gasteiger partial charge in [-0.15, -0.1) is 0 Å². The first-order chi connectivity index (χ1) is 5.70. The third-order valence-electron chi connectivity index (χ3n) is 2.66. The van der Waals surface area contributed by atoms with Crippen molar-refractivity contribution in [2.45, 2.75) is 32.6 Å². The molecule has 1 aliphatic carbocycles. The quantitative estimate of drug-likeness (QED) is 0.643. The highest BCUT2D eigenvalue weighted by atomic mass is 16.4. The molecule has 68 valence electrons. The molecule has 2 heteroatoms. The van der Waals surface area contributed by atoms with E-state index in [-0.39, 0.29) is 0 Å². The molecule has 1 rings (SSSR count). The Morgan fingerprint density at radius 1 is 1.42 bits per heavy atom. The third kappa shape index (κ3) is 2.68. The molecule has 1 saturated carbocycles. The van der Waals surface area contributed by atoms with Crippen LogP contribution in [-0.2, 0) is 4.79 Å². The molecule has 0 heterocycles. The Labute approximate surface area is 73.3 Å². The van der Waals surface area contributed by atoms with Crippen LogP contribution in [0.25, 0.3) is 0 Å². The third-order valence-corrected chi connectivity index (χ3v) is 2.66. The first-order valence-corrected chi connectivity index (χ1v) is 4.61. The van der Waals surface area contributed by atoms with E-state index in [2.05, 4.69) is 6.92 Å². The summed E-state index contributed by atoms with van der Waals surface area (Å²) in [5.74, 6) is 0.331. The van der Waals surface area contributed by atoms with E-state index in [1.807, 2.05) is 6.08 Å². The van der Waals surface area contributed by atoms with Crippen LogP contribution < -0.4 is 0 Å². The lowest BCUT2D eigenvalue weighted by atomic mass is 9.80. The summed E-state index contributed by atoms with van der Waals surface area (Å²) in [5, 5.41) is 8.44. The van der Waals surface area contributed by atoms with E-state index < -0.39 is 5.97 Å². The molecule has 2 atom stereocenters. The summed E-state index contributed by atoms with van der Waals surface area (Å²) in [6.45, 7) is 2.20. The van der Waals surface area contributed by atoms with Crippen molar-refractivity contribution in [2.75, 3.05) is 0 Å². The average Bonchev–Trinajstić information content (AvgIpc) is 2.03. The van der Waals surface area contributed by atoms with Crippen molar-refractivity contribution < 1.29 is 9.90 Å². The van der Waals surface area contributed by atoms with Crippen LogP contribution in [0.3, 0.4) is 0 Å². The fraction of sp³-hybridized carbons (Fsp3) is 0.700. The highest BCUT2D eigenvalue weighted by Gasteiger charge is 2.18. The molecule has 0 bridgehead atoms. The fourth-order valence-corrected chi connectivity index (χ4v) is 1.84. The van der Waals surface area contributed by atoms with Crippen LogP contribution in [-0.4, -0.2) is 11.1 Å². The number of carboxylic acids is 1. The van der Waals surface area contributed by atoms with Crippen LogP contribution in [0, 0.1) is 11.8 Å². The Kier molecular flexibility index (Phi) is 3.32. The van der Waals surface area contributed by atoms with Gasteiger partial charge in [-0.2, -0.15) is 0 Å². The molecular formula is C10H16O2. The highest BCUT2D eigenvalue weighted by molar-refractivity contribution is 5.79. The summed E-state index contributed by atoms with van der Waals surface area (Å²) in [6.07, 6.45) is 8.09. The Balaban J connectivity index is 2.43. The Bertz CT molecular complexity index is 184. The summed E-state index contributed by atoms with van der Waals surface area (Å²) >= 11 is 0. The smallest absolute Gasteiger partial charge is 0.327 e. The van der Waals surface area contributed by atoms with Gasteiger partial charge >= 0.3 is 5.97 Å². The van der Waals surface area contributed by atoms with E-state index in [4.69, 9.17) is 5.11 Å². The van der Waals surface area contributed by atoms with Crippen molar-refractivity contribution in [3.8, 4) is 0 Å². The second-order valence-corrected chi connectivity index (χ2v) is 3.62. The minimum absolute atomic E-state index is 0.495. The predicted octanol–water partition coefficient (Wildman–Crippen LogP) is 2.45. The molecule has 12 heavy (non-hydrogen) atoms. The number of rotatable bonds is 2. The van der Waals surface area contributed by atoms with Gasteiger partial charge in [0.1, 0.15) is 0 Å². The van der Waals surface area contributed by atoms with Crippen LogP contribution in [0.5, 0.6) is 0 Å². The van der Waals surface area contributed by atoms with E-state index >= 15 is 0 Å². The maximum atomic E-state index is 10.3. The van der Waals surface area contributed by atoms with Crippen LogP contribution in [0.4, 0.5) is 0 Å². The van der Waals surface area contributed by atoms with Gasteiger partial charge in [-0.1, -0.05) is 32.3 Å². The minimum atomic E-state index is -0.826. The van der Waals surface area contributed by atoms with Gasteiger partial charge < -0.3 is 5.11 Å². The van der Waals surface area contributed by atoms with Crippen molar-refractivity contribution in [1.82, 2.24) is 0 Å². The highest BCUT2D eigenvalue weighted by Crippen LogP contribution is 2.30. The molecule has 1 N–H and O–H groups in total. The van der Waals surface area contributed by atoms with E-state index in [0.29, 0.717) is 11.8 Å². The van der Waals surface area contributed by atoms with Gasteiger partial charge in [0.05, 0.1) is 0 Å². The van der Waals surface area contributed by atoms with Gasteiger partial charge in [0.25, 0.3) is 0 Å². The van der Waals surface area contributed by atoms with Crippen LogP contribution in [0.2, 0.25) is 0 Å². The number of carbonyl (C=O) groups is 1. The SMILES string of the molecule is CC1CCCCC1C=CC(=O)O. The van der Waals surface area contributed by atoms with Crippen LogP contribution in [0.1, 0.15) is 32.6 Å². The van der Waals surface area contributed by atoms with Gasteiger partial charge in [-0.3, -0.25) is 0 Å². The van der Waals surface area contributed by atoms with Gasteiger partial charge in [0.15, 0.2) is 0 Å². The Morgan fingerprint density at radius 3 is 2.67 bits per heavy atom. The fourth-order valence-electron chi connectivity index (χ4n) is 1.84. The molecule has 0 aromatic heterocycles. The monoisotopic (exact) mass is 168 g/mol. The van der Waals surface area contributed by atoms with Crippen molar-refractivity contribution in [1.29, 1.82) is 0 Å². The molecule has 0 spiro atoms. The maximum absolute atomic E-state index is 10.3. The lowest BCUT2D eigenvalue weighted by Gasteiger charge is -2.25. The van der Waals surface area contributed by atoms with Gasteiger partial charge in [-0.05, 0) is 18.3 Å². The number of aliphatic carboxylic acids is 1. The molecule has 0 saturated heterocycles. The molecule has 0 radical (unpaired) electrons. The maximum Gasteiger partial charge on any atom is 0.327 e. The molecule has 0 aromatic rings. The van der Waals surface area contributed by atoms with Gasteiger partial charge in [-0.25, -0.2) is 4.79 Å². The molecule has 0 amide bonds.